The smallest absolute Gasteiger partial charge is 0.231 e. The standard InChI is InChI=1S/C14H18N4O3/c1-9-5-11(18-21-9)6-14(19)15-13-7-12(16-17-13)10-3-2-4-20-8-10/h5,7,10H,2-4,6,8H2,1H3,(H2,15,16,17,19). The van der Waals surface area contributed by atoms with Gasteiger partial charge in [0.1, 0.15) is 5.76 Å². The molecule has 1 amide bonds. The van der Waals surface area contributed by atoms with Gasteiger partial charge in [-0.3, -0.25) is 9.89 Å². The van der Waals surface area contributed by atoms with Crippen LogP contribution in [0.1, 0.15) is 35.9 Å². The van der Waals surface area contributed by atoms with Crippen molar-refractivity contribution in [3.8, 4) is 0 Å². The molecule has 21 heavy (non-hydrogen) atoms. The molecule has 0 aromatic carbocycles. The highest BCUT2D eigenvalue weighted by molar-refractivity contribution is 5.91. The Kier molecular flexibility index (Phi) is 4.01. The zero-order valence-corrected chi connectivity index (χ0v) is 11.9. The number of H-pyrrole nitrogens is 1. The molecule has 1 aliphatic rings. The summed E-state index contributed by atoms with van der Waals surface area (Å²) in [6.45, 7) is 3.32. The first-order chi connectivity index (χ1) is 10.2. The van der Waals surface area contributed by atoms with Crippen molar-refractivity contribution < 1.29 is 14.1 Å². The Hall–Kier alpha value is -2.15. The van der Waals surface area contributed by atoms with Gasteiger partial charge < -0.3 is 14.6 Å². The largest absolute Gasteiger partial charge is 0.381 e. The predicted octanol–water partition coefficient (Wildman–Crippen LogP) is 1.78. The molecule has 7 nitrogen and oxygen atoms in total. The zero-order chi connectivity index (χ0) is 14.7. The van der Waals surface area contributed by atoms with Gasteiger partial charge >= 0.3 is 0 Å². The number of aryl methyl sites for hydroxylation is 1. The lowest BCUT2D eigenvalue weighted by Gasteiger charge is -2.20. The maximum absolute atomic E-state index is 11.9. The number of carbonyl (C=O) groups excluding carboxylic acids is 1. The number of amides is 1. The maximum Gasteiger partial charge on any atom is 0.231 e. The molecule has 1 saturated heterocycles. The third-order valence-corrected chi connectivity index (χ3v) is 3.48. The highest BCUT2D eigenvalue weighted by Crippen LogP contribution is 2.25. The third kappa shape index (κ3) is 3.49. The van der Waals surface area contributed by atoms with E-state index in [0.29, 0.717) is 29.8 Å². The van der Waals surface area contributed by atoms with Crippen molar-refractivity contribution >= 4 is 11.7 Å². The van der Waals surface area contributed by atoms with Crippen LogP contribution in [0.3, 0.4) is 0 Å². The van der Waals surface area contributed by atoms with Gasteiger partial charge in [-0.2, -0.15) is 5.10 Å². The highest BCUT2D eigenvalue weighted by Gasteiger charge is 2.19. The summed E-state index contributed by atoms with van der Waals surface area (Å²) < 4.78 is 10.4. The minimum absolute atomic E-state index is 0.166. The molecule has 0 spiro atoms. The molecule has 3 rings (SSSR count). The lowest BCUT2D eigenvalue weighted by atomic mass is 9.99. The summed E-state index contributed by atoms with van der Waals surface area (Å²) in [5.41, 5.74) is 1.61. The summed E-state index contributed by atoms with van der Waals surface area (Å²) in [6, 6.07) is 3.61. The lowest BCUT2D eigenvalue weighted by Crippen LogP contribution is -2.16. The van der Waals surface area contributed by atoms with Gasteiger partial charge in [0.15, 0.2) is 5.82 Å². The van der Waals surface area contributed by atoms with Crippen LogP contribution >= 0.6 is 0 Å². The Morgan fingerprint density at radius 3 is 3.14 bits per heavy atom. The van der Waals surface area contributed by atoms with E-state index >= 15 is 0 Å². The summed E-state index contributed by atoms with van der Waals surface area (Å²) in [5, 5.41) is 13.6. The number of aromatic nitrogens is 3. The van der Waals surface area contributed by atoms with Gasteiger partial charge in [0, 0.05) is 30.4 Å². The summed E-state index contributed by atoms with van der Waals surface area (Å²) in [4.78, 5) is 11.9. The summed E-state index contributed by atoms with van der Waals surface area (Å²) in [6.07, 6.45) is 2.30. The Labute approximate surface area is 122 Å². The van der Waals surface area contributed by atoms with Crippen molar-refractivity contribution in [3.63, 3.8) is 0 Å². The highest BCUT2D eigenvalue weighted by atomic mass is 16.5. The normalized spacial score (nSPS) is 18.6. The van der Waals surface area contributed by atoms with Crippen LogP contribution in [0.25, 0.3) is 0 Å². The monoisotopic (exact) mass is 290 g/mol. The van der Waals surface area contributed by atoms with Crippen LogP contribution in [0.2, 0.25) is 0 Å². The number of rotatable bonds is 4. The van der Waals surface area contributed by atoms with E-state index in [4.69, 9.17) is 9.26 Å². The van der Waals surface area contributed by atoms with Crippen LogP contribution in [0.4, 0.5) is 5.82 Å². The van der Waals surface area contributed by atoms with E-state index in [1.54, 1.807) is 13.0 Å². The molecule has 0 aliphatic carbocycles. The second kappa shape index (κ2) is 6.09. The van der Waals surface area contributed by atoms with E-state index in [2.05, 4.69) is 20.7 Å². The topological polar surface area (TPSA) is 93.0 Å². The van der Waals surface area contributed by atoms with E-state index in [1.165, 1.54) is 0 Å². The average molecular weight is 290 g/mol. The molecule has 3 heterocycles. The van der Waals surface area contributed by atoms with E-state index < -0.39 is 0 Å². The first-order valence-corrected chi connectivity index (χ1v) is 7.06. The van der Waals surface area contributed by atoms with Gasteiger partial charge in [0.25, 0.3) is 0 Å². The number of aromatic amines is 1. The van der Waals surface area contributed by atoms with Crippen molar-refractivity contribution in [2.24, 2.45) is 0 Å². The SMILES string of the molecule is Cc1cc(CC(=O)Nc2cc(C3CCCOC3)[nH]n2)no1. The molecule has 0 radical (unpaired) electrons. The maximum atomic E-state index is 11.9. The minimum Gasteiger partial charge on any atom is -0.381 e. The fourth-order valence-electron chi connectivity index (χ4n) is 2.45. The second-order valence-corrected chi connectivity index (χ2v) is 5.28. The molecular weight excluding hydrogens is 272 g/mol. The van der Waals surface area contributed by atoms with Gasteiger partial charge in [0.2, 0.25) is 5.91 Å². The van der Waals surface area contributed by atoms with Gasteiger partial charge in [-0.25, -0.2) is 0 Å². The summed E-state index contributed by atoms with van der Waals surface area (Å²) in [7, 11) is 0. The third-order valence-electron chi connectivity index (χ3n) is 3.48. The van der Waals surface area contributed by atoms with E-state index in [9.17, 15) is 4.79 Å². The molecule has 112 valence electrons. The van der Waals surface area contributed by atoms with Gasteiger partial charge in [-0.05, 0) is 19.8 Å². The molecule has 0 saturated carbocycles. The summed E-state index contributed by atoms with van der Waals surface area (Å²) >= 11 is 0. The Morgan fingerprint density at radius 1 is 1.52 bits per heavy atom. The Morgan fingerprint density at radius 2 is 2.43 bits per heavy atom. The number of carbonyl (C=O) groups is 1. The molecule has 1 unspecified atom stereocenters. The molecule has 2 aromatic rings. The van der Waals surface area contributed by atoms with Crippen molar-refractivity contribution in [3.05, 3.63) is 29.3 Å². The molecule has 2 N–H and O–H groups in total. The van der Waals surface area contributed by atoms with E-state index in [-0.39, 0.29) is 12.3 Å². The van der Waals surface area contributed by atoms with Gasteiger partial charge in [-0.1, -0.05) is 5.16 Å². The fraction of sp³-hybridized carbons (Fsp3) is 0.500. The van der Waals surface area contributed by atoms with Crippen molar-refractivity contribution in [1.82, 2.24) is 15.4 Å². The van der Waals surface area contributed by atoms with Gasteiger partial charge in [0.05, 0.1) is 18.7 Å². The summed E-state index contributed by atoms with van der Waals surface area (Å²) in [5.74, 6) is 1.38. The number of hydrogen-bond donors (Lipinski definition) is 2. The fourth-order valence-corrected chi connectivity index (χ4v) is 2.45. The van der Waals surface area contributed by atoms with Crippen molar-refractivity contribution in [2.45, 2.75) is 32.1 Å². The average Bonchev–Trinajstić information content (AvgIpc) is 3.09. The molecule has 1 aliphatic heterocycles. The van der Waals surface area contributed by atoms with Crippen LogP contribution in [-0.2, 0) is 16.0 Å². The molecular formula is C14H18N4O3. The predicted molar refractivity (Wildman–Crippen MR) is 75.0 cm³/mol. The molecule has 7 heteroatoms. The molecule has 1 fully saturated rings. The van der Waals surface area contributed by atoms with E-state index in [0.717, 1.165) is 25.1 Å². The number of hydrogen-bond acceptors (Lipinski definition) is 5. The molecule has 2 aromatic heterocycles. The first-order valence-electron chi connectivity index (χ1n) is 7.06. The Bertz CT molecular complexity index is 613. The van der Waals surface area contributed by atoms with Crippen molar-refractivity contribution in [1.29, 1.82) is 0 Å². The number of nitrogens with zero attached hydrogens (tertiary/aromatic N) is 2. The zero-order valence-electron chi connectivity index (χ0n) is 11.9. The van der Waals surface area contributed by atoms with Crippen LogP contribution in [0.15, 0.2) is 16.7 Å². The number of nitrogens with one attached hydrogen (secondary N) is 2. The molecule has 0 bridgehead atoms. The quantitative estimate of drug-likeness (QED) is 0.895. The van der Waals surface area contributed by atoms with Crippen LogP contribution in [0.5, 0.6) is 0 Å². The minimum atomic E-state index is -0.166. The number of anilines is 1. The number of ether oxygens (including phenoxy) is 1. The van der Waals surface area contributed by atoms with Crippen LogP contribution in [-0.4, -0.2) is 34.5 Å². The molecule has 1 atom stereocenters. The van der Waals surface area contributed by atoms with Crippen LogP contribution in [0, 0.1) is 6.92 Å². The van der Waals surface area contributed by atoms with Crippen LogP contribution < -0.4 is 5.32 Å². The lowest BCUT2D eigenvalue weighted by molar-refractivity contribution is -0.115. The Balaban J connectivity index is 1.57. The van der Waals surface area contributed by atoms with Crippen molar-refractivity contribution in [2.75, 3.05) is 18.5 Å². The van der Waals surface area contributed by atoms with Gasteiger partial charge in [-0.15, -0.1) is 0 Å². The second-order valence-electron chi connectivity index (χ2n) is 5.28. The first kappa shape index (κ1) is 13.8. The van der Waals surface area contributed by atoms with E-state index in [1.807, 2.05) is 6.07 Å².